The van der Waals surface area contributed by atoms with Gasteiger partial charge in [0.1, 0.15) is 5.69 Å². The van der Waals surface area contributed by atoms with Crippen molar-refractivity contribution in [3.63, 3.8) is 0 Å². The zero-order chi connectivity index (χ0) is 18.3. The molecule has 2 aromatic carbocycles. The Bertz CT molecular complexity index is 1010. The Morgan fingerprint density at radius 2 is 1.46 bits per heavy atom. The molecule has 4 rings (SSSR count). The number of pyridine rings is 1. The van der Waals surface area contributed by atoms with E-state index in [2.05, 4.69) is 4.98 Å². The van der Waals surface area contributed by atoms with Gasteiger partial charge < -0.3 is 0 Å². The fourth-order valence-electron chi connectivity index (χ4n) is 2.88. The van der Waals surface area contributed by atoms with Crippen molar-refractivity contribution in [1.82, 2.24) is 4.98 Å². The Hall–Kier alpha value is -3.87. The average Bonchev–Trinajstić information content (AvgIpc) is 2.93. The third-order valence-electron chi connectivity index (χ3n) is 4.18. The molecule has 0 fully saturated rings. The highest BCUT2D eigenvalue weighted by Crippen LogP contribution is 2.29. The van der Waals surface area contributed by atoms with E-state index in [4.69, 9.17) is 0 Å². The first-order chi connectivity index (χ1) is 12.6. The molecule has 2 amide bonds. The molecule has 0 saturated heterocycles. The largest absolute Gasteiger partial charge is 0.284 e. The lowest BCUT2D eigenvalue weighted by molar-refractivity contribution is -0.384. The van der Waals surface area contributed by atoms with Gasteiger partial charge in [-0.15, -0.1) is 0 Å². The summed E-state index contributed by atoms with van der Waals surface area (Å²) in [5.74, 6) is -0.852. The molecule has 0 radical (unpaired) electrons. The van der Waals surface area contributed by atoms with Gasteiger partial charge in [-0.2, -0.15) is 0 Å². The minimum Gasteiger partial charge on any atom is -0.268 e. The maximum atomic E-state index is 12.5. The van der Waals surface area contributed by atoms with Crippen molar-refractivity contribution in [1.29, 1.82) is 0 Å². The quantitative estimate of drug-likeness (QED) is 0.412. The fraction of sp³-hybridized carbons (Fsp3) is 0. The summed E-state index contributed by atoms with van der Waals surface area (Å²) < 4.78 is 0. The highest BCUT2D eigenvalue weighted by atomic mass is 16.6. The zero-order valence-corrected chi connectivity index (χ0v) is 13.3. The molecule has 3 aromatic rings. The molecule has 1 aromatic heterocycles. The van der Waals surface area contributed by atoms with E-state index in [-0.39, 0.29) is 16.9 Å². The topological polar surface area (TPSA) is 93.4 Å². The molecule has 0 N–H and O–H groups in total. The van der Waals surface area contributed by atoms with Gasteiger partial charge in [-0.05, 0) is 47.5 Å². The molecule has 0 aliphatic carbocycles. The van der Waals surface area contributed by atoms with Gasteiger partial charge in [0.05, 0.1) is 16.2 Å². The number of nitro benzene ring substituents is 1. The lowest BCUT2D eigenvalue weighted by atomic mass is 10.0. The summed E-state index contributed by atoms with van der Waals surface area (Å²) in [6.07, 6.45) is 1.48. The van der Waals surface area contributed by atoms with Crippen LogP contribution in [0.15, 0.2) is 66.9 Å². The molecule has 126 valence electrons. The van der Waals surface area contributed by atoms with Crippen LogP contribution in [-0.4, -0.2) is 21.7 Å². The number of nitrogens with zero attached hydrogens (tertiary/aromatic N) is 3. The SMILES string of the molecule is O=C1c2cccnc2C(=O)N1c1ccc(-c2ccc([N+](=O)[O-])cc2)cc1. The summed E-state index contributed by atoms with van der Waals surface area (Å²) in [6.45, 7) is 0. The molecule has 1 aliphatic rings. The summed E-state index contributed by atoms with van der Waals surface area (Å²) in [4.78, 5) is 40.3. The molecular weight excluding hydrogens is 334 g/mol. The van der Waals surface area contributed by atoms with Crippen molar-refractivity contribution in [2.24, 2.45) is 0 Å². The second-order valence-corrected chi connectivity index (χ2v) is 5.70. The van der Waals surface area contributed by atoms with Crippen LogP contribution in [0.25, 0.3) is 11.1 Å². The zero-order valence-electron chi connectivity index (χ0n) is 13.3. The molecule has 0 spiro atoms. The van der Waals surface area contributed by atoms with Crippen LogP contribution >= 0.6 is 0 Å². The first-order valence-electron chi connectivity index (χ1n) is 7.75. The minimum atomic E-state index is -0.455. The first-order valence-corrected chi connectivity index (χ1v) is 7.75. The van der Waals surface area contributed by atoms with Gasteiger partial charge >= 0.3 is 0 Å². The van der Waals surface area contributed by atoms with E-state index in [0.717, 1.165) is 16.0 Å². The second kappa shape index (κ2) is 5.89. The number of nitro groups is 1. The maximum absolute atomic E-state index is 12.5. The standard InChI is InChI=1S/C19H11N3O4/c23-18-16-2-1-11-20-17(16)19(24)21(18)14-7-3-12(4-8-14)13-5-9-15(10-6-13)22(25)26/h1-11H. The van der Waals surface area contributed by atoms with E-state index >= 15 is 0 Å². The number of benzene rings is 2. The highest BCUT2D eigenvalue weighted by molar-refractivity contribution is 6.33. The molecule has 0 atom stereocenters. The van der Waals surface area contributed by atoms with Gasteiger partial charge in [-0.1, -0.05) is 12.1 Å². The number of carbonyl (C=O) groups is 2. The van der Waals surface area contributed by atoms with Crippen LogP contribution in [0.1, 0.15) is 20.8 Å². The van der Waals surface area contributed by atoms with Crippen LogP contribution in [-0.2, 0) is 0 Å². The summed E-state index contributed by atoms with van der Waals surface area (Å²) in [7, 11) is 0. The van der Waals surface area contributed by atoms with Crippen molar-refractivity contribution >= 4 is 23.2 Å². The summed E-state index contributed by atoms with van der Waals surface area (Å²) in [5.41, 5.74) is 2.52. The monoisotopic (exact) mass is 345 g/mol. The number of amides is 2. The van der Waals surface area contributed by atoms with Crippen LogP contribution in [0, 0.1) is 10.1 Å². The van der Waals surface area contributed by atoms with E-state index in [1.807, 2.05) is 0 Å². The number of hydrogen-bond donors (Lipinski definition) is 0. The third-order valence-corrected chi connectivity index (χ3v) is 4.18. The molecule has 0 unspecified atom stereocenters. The van der Waals surface area contributed by atoms with Gasteiger partial charge in [0.25, 0.3) is 17.5 Å². The van der Waals surface area contributed by atoms with Gasteiger partial charge in [-0.25, -0.2) is 4.90 Å². The first kappa shape index (κ1) is 15.6. The molecule has 7 nitrogen and oxygen atoms in total. The number of anilines is 1. The van der Waals surface area contributed by atoms with Crippen LogP contribution < -0.4 is 4.90 Å². The van der Waals surface area contributed by atoms with Crippen molar-refractivity contribution < 1.29 is 14.5 Å². The molecule has 7 heteroatoms. The van der Waals surface area contributed by atoms with E-state index in [0.29, 0.717) is 5.69 Å². The Balaban J connectivity index is 1.64. The average molecular weight is 345 g/mol. The predicted octanol–water partition coefficient (Wildman–Crippen LogP) is 3.46. The Kier molecular flexibility index (Phi) is 3.54. The molecule has 26 heavy (non-hydrogen) atoms. The number of aromatic nitrogens is 1. The lowest BCUT2D eigenvalue weighted by Crippen LogP contribution is -2.29. The Morgan fingerprint density at radius 3 is 2.04 bits per heavy atom. The third kappa shape index (κ3) is 2.42. The number of rotatable bonds is 3. The second-order valence-electron chi connectivity index (χ2n) is 5.70. The lowest BCUT2D eigenvalue weighted by Gasteiger charge is -2.14. The minimum absolute atomic E-state index is 0.0175. The van der Waals surface area contributed by atoms with Crippen molar-refractivity contribution in [2.45, 2.75) is 0 Å². The van der Waals surface area contributed by atoms with Crippen molar-refractivity contribution in [3.05, 3.63) is 88.2 Å². The summed E-state index contributed by atoms with van der Waals surface area (Å²) in [6, 6.07) is 16.2. The predicted molar refractivity (Wildman–Crippen MR) is 93.9 cm³/mol. The fourth-order valence-corrected chi connectivity index (χ4v) is 2.88. The Labute approximate surface area is 147 Å². The van der Waals surface area contributed by atoms with E-state index < -0.39 is 16.7 Å². The van der Waals surface area contributed by atoms with Crippen molar-refractivity contribution in [2.75, 3.05) is 4.90 Å². The van der Waals surface area contributed by atoms with Crippen molar-refractivity contribution in [3.8, 4) is 11.1 Å². The normalized spacial score (nSPS) is 13.0. The molecule has 1 aliphatic heterocycles. The van der Waals surface area contributed by atoms with Crippen LogP contribution in [0.2, 0.25) is 0 Å². The maximum Gasteiger partial charge on any atom is 0.284 e. The summed E-state index contributed by atoms with van der Waals surface area (Å²) >= 11 is 0. The number of hydrogen-bond acceptors (Lipinski definition) is 5. The molecule has 0 saturated carbocycles. The van der Waals surface area contributed by atoms with E-state index in [1.54, 1.807) is 48.5 Å². The highest BCUT2D eigenvalue weighted by Gasteiger charge is 2.37. The number of imide groups is 1. The summed E-state index contributed by atoms with van der Waals surface area (Å²) in [5, 5.41) is 10.7. The van der Waals surface area contributed by atoms with E-state index in [1.165, 1.54) is 18.3 Å². The number of fused-ring (bicyclic) bond motifs is 1. The molecule has 0 bridgehead atoms. The molecular formula is C19H11N3O4. The van der Waals surface area contributed by atoms with Crippen LogP contribution in [0.4, 0.5) is 11.4 Å². The van der Waals surface area contributed by atoms with Gasteiger partial charge in [0.2, 0.25) is 0 Å². The van der Waals surface area contributed by atoms with Gasteiger partial charge in [0.15, 0.2) is 0 Å². The smallest absolute Gasteiger partial charge is 0.268 e. The number of non-ortho nitro benzene ring substituents is 1. The van der Waals surface area contributed by atoms with Crippen LogP contribution in [0.3, 0.4) is 0 Å². The Morgan fingerprint density at radius 1 is 0.846 bits per heavy atom. The number of carbonyl (C=O) groups excluding carboxylic acids is 2. The van der Waals surface area contributed by atoms with Gasteiger partial charge in [0, 0.05) is 18.3 Å². The van der Waals surface area contributed by atoms with Crippen LogP contribution in [0.5, 0.6) is 0 Å². The van der Waals surface area contributed by atoms with Gasteiger partial charge in [-0.3, -0.25) is 24.7 Å². The van der Waals surface area contributed by atoms with E-state index in [9.17, 15) is 19.7 Å². The molecule has 2 heterocycles.